The van der Waals surface area contributed by atoms with E-state index in [0.29, 0.717) is 0 Å². The van der Waals surface area contributed by atoms with E-state index in [-0.39, 0.29) is 12.6 Å². The molecule has 1 aromatic rings. The van der Waals surface area contributed by atoms with Crippen LogP contribution < -0.4 is 5.32 Å². The van der Waals surface area contributed by atoms with Crippen molar-refractivity contribution in [2.75, 3.05) is 18.9 Å². The minimum Gasteiger partial charge on any atom is -0.395 e. The van der Waals surface area contributed by atoms with Crippen molar-refractivity contribution in [3.05, 3.63) is 18.6 Å². The Labute approximate surface area is 101 Å². The summed E-state index contributed by atoms with van der Waals surface area (Å²) in [5, 5.41) is 13.4. The molecule has 0 amide bonds. The van der Waals surface area contributed by atoms with E-state index in [2.05, 4.69) is 22.2 Å². The van der Waals surface area contributed by atoms with Gasteiger partial charge in [-0.15, -0.1) is 11.8 Å². The first kappa shape index (κ1) is 13.4. The van der Waals surface area contributed by atoms with Crippen LogP contribution in [0.15, 0.2) is 23.6 Å². The first-order valence-corrected chi connectivity index (χ1v) is 6.58. The molecule has 5 heteroatoms. The Balaban J connectivity index is 2.18. The van der Waals surface area contributed by atoms with E-state index in [0.717, 1.165) is 30.2 Å². The lowest BCUT2D eigenvalue weighted by atomic mass is 10.2. The van der Waals surface area contributed by atoms with E-state index in [1.165, 1.54) is 0 Å². The van der Waals surface area contributed by atoms with Gasteiger partial charge >= 0.3 is 0 Å². The van der Waals surface area contributed by atoms with Crippen LogP contribution in [0.25, 0.3) is 0 Å². The average molecular weight is 241 g/mol. The van der Waals surface area contributed by atoms with E-state index in [1.54, 1.807) is 24.3 Å². The SMILES string of the molecule is CCCNC(CO)CCSc1ccncn1. The monoisotopic (exact) mass is 241 g/mol. The third kappa shape index (κ3) is 5.44. The molecule has 1 rings (SSSR count). The number of rotatable bonds is 8. The molecule has 0 radical (unpaired) electrons. The van der Waals surface area contributed by atoms with E-state index >= 15 is 0 Å². The van der Waals surface area contributed by atoms with E-state index < -0.39 is 0 Å². The molecule has 1 atom stereocenters. The Hall–Kier alpha value is -0.650. The van der Waals surface area contributed by atoms with Gasteiger partial charge in [0.05, 0.1) is 11.6 Å². The summed E-state index contributed by atoms with van der Waals surface area (Å²) in [5.41, 5.74) is 0. The molecule has 1 aromatic heterocycles. The Morgan fingerprint density at radius 2 is 2.44 bits per heavy atom. The zero-order valence-corrected chi connectivity index (χ0v) is 10.4. The van der Waals surface area contributed by atoms with E-state index in [1.807, 2.05) is 6.07 Å². The van der Waals surface area contributed by atoms with Crippen LogP contribution in [0.1, 0.15) is 19.8 Å². The van der Waals surface area contributed by atoms with Crippen LogP contribution in [0.4, 0.5) is 0 Å². The smallest absolute Gasteiger partial charge is 0.116 e. The third-order valence-electron chi connectivity index (χ3n) is 2.17. The summed E-state index contributed by atoms with van der Waals surface area (Å²) in [5.74, 6) is 0.957. The predicted molar refractivity (Wildman–Crippen MR) is 66.5 cm³/mol. The molecule has 0 aliphatic rings. The maximum atomic E-state index is 9.15. The quantitative estimate of drug-likeness (QED) is 0.531. The van der Waals surface area contributed by atoms with Gasteiger partial charge in [-0.2, -0.15) is 0 Å². The minimum absolute atomic E-state index is 0.199. The summed E-state index contributed by atoms with van der Waals surface area (Å²) in [4.78, 5) is 8.00. The summed E-state index contributed by atoms with van der Waals surface area (Å²) in [6.07, 6.45) is 5.34. The lowest BCUT2D eigenvalue weighted by molar-refractivity contribution is 0.240. The molecular weight excluding hydrogens is 222 g/mol. The zero-order chi connectivity index (χ0) is 11.6. The molecule has 90 valence electrons. The van der Waals surface area contributed by atoms with Crippen molar-refractivity contribution in [3.8, 4) is 0 Å². The molecular formula is C11H19N3OS. The second kappa shape index (κ2) is 8.50. The van der Waals surface area contributed by atoms with Gasteiger partial charge < -0.3 is 10.4 Å². The molecule has 0 aliphatic heterocycles. The highest BCUT2D eigenvalue weighted by Crippen LogP contribution is 2.15. The fourth-order valence-corrected chi connectivity index (χ4v) is 2.17. The van der Waals surface area contributed by atoms with Crippen molar-refractivity contribution in [2.24, 2.45) is 0 Å². The van der Waals surface area contributed by atoms with Crippen molar-refractivity contribution < 1.29 is 5.11 Å². The number of nitrogens with one attached hydrogen (secondary N) is 1. The van der Waals surface area contributed by atoms with Crippen molar-refractivity contribution in [2.45, 2.75) is 30.8 Å². The van der Waals surface area contributed by atoms with Crippen molar-refractivity contribution in [1.82, 2.24) is 15.3 Å². The van der Waals surface area contributed by atoms with Gasteiger partial charge in [-0.05, 0) is 25.5 Å². The predicted octanol–water partition coefficient (Wildman–Crippen LogP) is 1.32. The molecule has 16 heavy (non-hydrogen) atoms. The molecule has 1 heterocycles. The van der Waals surface area contributed by atoms with Gasteiger partial charge in [0.2, 0.25) is 0 Å². The van der Waals surface area contributed by atoms with E-state index in [4.69, 9.17) is 5.11 Å². The summed E-state index contributed by atoms with van der Waals surface area (Å²) in [6.45, 7) is 3.28. The van der Waals surface area contributed by atoms with Crippen LogP contribution >= 0.6 is 11.8 Å². The lowest BCUT2D eigenvalue weighted by Gasteiger charge is -2.14. The van der Waals surface area contributed by atoms with Gasteiger partial charge in [0, 0.05) is 18.0 Å². The number of aliphatic hydroxyl groups excluding tert-OH is 1. The summed E-state index contributed by atoms with van der Waals surface area (Å²) in [6, 6.07) is 2.10. The molecule has 4 nitrogen and oxygen atoms in total. The normalized spacial score (nSPS) is 12.6. The maximum Gasteiger partial charge on any atom is 0.116 e. The van der Waals surface area contributed by atoms with Gasteiger partial charge in [0.1, 0.15) is 6.33 Å². The number of hydrogen-bond donors (Lipinski definition) is 2. The second-order valence-corrected chi connectivity index (χ2v) is 4.63. The fourth-order valence-electron chi connectivity index (χ4n) is 1.28. The van der Waals surface area contributed by atoms with Gasteiger partial charge in [-0.25, -0.2) is 9.97 Å². The van der Waals surface area contributed by atoms with Crippen LogP contribution in [0, 0.1) is 0 Å². The summed E-state index contributed by atoms with van der Waals surface area (Å²) >= 11 is 1.70. The van der Waals surface area contributed by atoms with Crippen LogP contribution in [-0.2, 0) is 0 Å². The van der Waals surface area contributed by atoms with Gasteiger partial charge in [0.25, 0.3) is 0 Å². The standard InChI is InChI=1S/C11H19N3OS/c1-2-5-13-10(8-15)4-7-16-11-3-6-12-9-14-11/h3,6,9-10,13,15H,2,4-5,7-8H2,1H3. The molecule has 0 fully saturated rings. The van der Waals surface area contributed by atoms with Crippen molar-refractivity contribution in [1.29, 1.82) is 0 Å². The van der Waals surface area contributed by atoms with Crippen LogP contribution in [0.3, 0.4) is 0 Å². The highest BCUT2D eigenvalue weighted by Gasteiger charge is 2.05. The zero-order valence-electron chi connectivity index (χ0n) is 9.59. The highest BCUT2D eigenvalue weighted by molar-refractivity contribution is 7.99. The summed E-state index contributed by atoms with van der Waals surface area (Å²) < 4.78 is 0. The van der Waals surface area contributed by atoms with Crippen molar-refractivity contribution in [3.63, 3.8) is 0 Å². The Morgan fingerprint density at radius 1 is 1.56 bits per heavy atom. The lowest BCUT2D eigenvalue weighted by Crippen LogP contribution is -2.33. The Kier molecular flexibility index (Phi) is 7.12. The first-order chi connectivity index (χ1) is 7.86. The highest BCUT2D eigenvalue weighted by atomic mass is 32.2. The molecule has 0 saturated carbocycles. The average Bonchev–Trinajstić information content (AvgIpc) is 2.35. The second-order valence-electron chi connectivity index (χ2n) is 3.52. The topological polar surface area (TPSA) is 58.0 Å². The number of hydrogen-bond acceptors (Lipinski definition) is 5. The molecule has 2 N–H and O–H groups in total. The van der Waals surface area contributed by atoms with Crippen LogP contribution in [0.2, 0.25) is 0 Å². The third-order valence-corrected chi connectivity index (χ3v) is 3.15. The number of nitrogens with zero attached hydrogens (tertiary/aromatic N) is 2. The van der Waals surface area contributed by atoms with Crippen LogP contribution in [-0.4, -0.2) is 40.0 Å². The van der Waals surface area contributed by atoms with Gasteiger partial charge in [-0.3, -0.25) is 0 Å². The van der Waals surface area contributed by atoms with Gasteiger partial charge in [-0.1, -0.05) is 6.92 Å². The first-order valence-electron chi connectivity index (χ1n) is 5.60. The molecule has 0 aliphatic carbocycles. The summed E-state index contributed by atoms with van der Waals surface area (Å²) in [7, 11) is 0. The maximum absolute atomic E-state index is 9.15. The number of aliphatic hydroxyl groups is 1. The molecule has 0 spiro atoms. The van der Waals surface area contributed by atoms with E-state index in [9.17, 15) is 0 Å². The largest absolute Gasteiger partial charge is 0.395 e. The van der Waals surface area contributed by atoms with Crippen LogP contribution in [0.5, 0.6) is 0 Å². The Bertz CT molecular complexity index is 271. The molecule has 0 saturated heterocycles. The van der Waals surface area contributed by atoms with Crippen molar-refractivity contribution >= 4 is 11.8 Å². The fraction of sp³-hybridized carbons (Fsp3) is 0.636. The molecule has 0 bridgehead atoms. The van der Waals surface area contributed by atoms with Gasteiger partial charge in [0.15, 0.2) is 0 Å². The number of aromatic nitrogens is 2. The Morgan fingerprint density at radius 3 is 3.06 bits per heavy atom. The molecule has 1 unspecified atom stereocenters. The number of thioether (sulfide) groups is 1. The molecule has 0 aromatic carbocycles. The minimum atomic E-state index is 0.199.